The van der Waals surface area contributed by atoms with Crippen molar-refractivity contribution in [3.05, 3.63) is 30.1 Å². The number of hydrogen-bond donors (Lipinski definition) is 1. The lowest BCUT2D eigenvalue weighted by Crippen LogP contribution is -2.22. The van der Waals surface area contributed by atoms with Gasteiger partial charge in [0.2, 0.25) is 0 Å². The first-order chi connectivity index (χ1) is 6.33. The predicted molar refractivity (Wildman–Crippen MR) is 54.0 cm³/mol. The van der Waals surface area contributed by atoms with Crippen LogP contribution >= 0.6 is 0 Å². The average Bonchev–Trinajstić information content (AvgIpc) is 2.16. The van der Waals surface area contributed by atoms with Crippen LogP contribution in [0.15, 0.2) is 24.5 Å². The summed E-state index contributed by atoms with van der Waals surface area (Å²) in [5, 5.41) is 0. The summed E-state index contributed by atoms with van der Waals surface area (Å²) in [6.07, 6.45) is 11.2. The van der Waals surface area contributed by atoms with Crippen molar-refractivity contribution in [3.63, 3.8) is 0 Å². The minimum absolute atomic E-state index is 0.153. The lowest BCUT2D eigenvalue weighted by atomic mass is 10.0. The third-order valence-electron chi connectivity index (χ3n) is 1.88. The smallest absolute Gasteiger partial charge is 0.0300 e. The number of nitrogens with two attached hydrogens (primary N) is 1. The number of terminal acetylenes is 1. The van der Waals surface area contributed by atoms with Gasteiger partial charge in [0.1, 0.15) is 0 Å². The van der Waals surface area contributed by atoms with Crippen molar-refractivity contribution in [1.82, 2.24) is 4.98 Å². The minimum atomic E-state index is 0.153. The van der Waals surface area contributed by atoms with Gasteiger partial charge in [-0.3, -0.25) is 4.98 Å². The molecule has 0 aromatic carbocycles. The van der Waals surface area contributed by atoms with Crippen LogP contribution in [-0.4, -0.2) is 11.0 Å². The average molecular weight is 174 g/mol. The van der Waals surface area contributed by atoms with E-state index in [0.29, 0.717) is 0 Å². The largest absolute Gasteiger partial charge is 0.327 e. The van der Waals surface area contributed by atoms with Gasteiger partial charge in [-0.2, -0.15) is 0 Å². The molecule has 2 N–H and O–H groups in total. The van der Waals surface area contributed by atoms with Crippen LogP contribution in [0.2, 0.25) is 0 Å². The van der Waals surface area contributed by atoms with E-state index in [0.717, 1.165) is 19.3 Å². The van der Waals surface area contributed by atoms with Gasteiger partial charge in [-0.1, -0.05) is 6.07 Å². The Hall–Kier alpha value is -1.33. The number of hydrogen-bond acceptors (Lipinski definition) is 2. The highest BCUT2D eigenvalue weighted by Gasteiger charge is 2.02. The minimum Gasteiger partial charge on any atom is -0.327 e. The standard InChI is InChI=1S/C11H14N2/c1-2-3-6-11(12)8-10-5-4-7-13-9-10/h1,4-5,7,9,11H,3,6,8,12H2. The first kappa shape index (κ1) is 9.76. The normalized spacial score (nSPS) is 12.0. The molecule has 0 aliphatic carbocycles. The van der Waals surface area contributed by atoms with E-state index in [-0.39, 0.29) is 6.04 Å². The molecular formula is C11H14N2. The van der Waals surface area contributed by atoms with Gasteiger partial charge < -0.3 is 5.73 Å². The summed E-state index contributed by atoms with van der Waals surface area (Å²) in [5.41, 5.74) is 7.04. The zero-order valence-electron chi connectivity index (χ0n) is 7.61. The van der Waals surface area contributed by atoms with E-state index in [9.17, 15) is 0 Å². The first-order valence-corrected chi connectivity index (χ1v) is 4.41. The van der Waals surface area contributed by atoms with Gasteiger partial charge >= 0.3 is 0 Å². The van der Waals surface area contributed by atoms with Crippen LogP contribution < -0.4 is 5.73 Å². The van der Waals surface area contributed by atoms with Crippen LogP contribution in [0, 0.1) is 12.3 Å². The van der Waals surface area contributed by atoms with Gasteiger partial charge in [-0.15, -0.1) is 12.3 Å². The van der Waals surface area contributed by atoms with Gasteiger partial charge in [-0.25, -0.2) is 0 Å². The molecule has 13 heavy (non-hydrogen) atoms. The Balaban J connectivity index is 2.37. The Morgan fingerprint density at radius 3 is 3.08 bits per heavy atom. The second kappa shape index (κ2) is 5.34. The molecule has 68 valence electrons. The summed E-state index contributed by atoms with van der Waals surface area (Å²) in [6, 6.07) is 4.10. The van der Waals surface area contributed by atoms with Crippen molar-refractivity contribution < 1.29 is 0 Å². The number of rotatable bonds is 4. The Morgan fingerprint density at radius 2 is 2.46 bits per heavy atom. The highest BCUT2D eigenvalue weighted by Crippen LogP contribution is 2.03. The fraction of sp³-hybridized carbons (Fsp3) is 0.364. The summed E-state index contributed by atoms with van der Waals surface area (Å²) >= 11 is 0. The van der Waals surface area contributed by atoms with Crippen molar-refractivity contribution >= 4 is 0 Å². The van der Waals surface area contributed by atoms with Crippen molar-refractivity contribution in [2.75, 3.05) is 0 Å². The maximum absolute atomic E-state index is 5.87. The zero-order chi connectivity index (χ0) is 9.52. The molecule has 1 unspecified atom stereocenters. The van der Waals surface area contributed by atoms with Gasteiger partial charge in [0.05, 0.1) is 0 Å². The predicted octanol–water partition coefficient (Wildman–Crippen LogP) is 1.36. The zero-order valence-corrected chi connectivity index (χ0v) is 7.61. The molecule has 2 nitrogen and oxygen atoms in total. The van der Waals surface area contributed by atoms with Crippen LogP contribution in [0.1, 0.15) is 18.4 Å². The van der Waals surface area contributed by atoms with Crippen molar-refractivity contribution in [2.45, 2.75) is 25.3 Å². The highest BCUT2D eigenvalue weighted by molar-refractivity contribution is 5.10. The second-order valence-electron chi connectivity index (χ2n) is 3.07. The molecule has 0 saturated heterocycles. The Morgan fingerprint density at radius 1 is 1.62 bits per heavy atom. The third kappa shape index (κ3) is 3.73. The molecule has 0 bridgehead atoms. The van der Waals surface area contributed by atoms with E-state index >= 15 is 0 Å². The van der Waals surface area contributed by atoms with Crippen LogP contribution in [0.3, 0.4) is 0 Å². The van der Waals surface area contributed by atoms with Gasteiger partial charge in [0, 0.05) is 24.9 Å². The molecule has 0 radical (unpaired) electrons. The Kier molecular flexibility index (Phi) is 4.01. The summed E-state index contributed by atoms with van der Waals surface area (Å²) < 4.78 is 0. The van der Waals surface area contributed by atoms with E-state index in [2.05, 4.69) is 10.9 Å². The molecular weight excluding hydrogens is 160 g/mol. The Labute approximate surface area is 79.2 Å². The van der Waals surface area contributed by atoms with Crippen LogP contribution in [0.25, 0.3) is 0 Å². The lowest BCUT2D eigenvalue weighted by molar-refractivity contribution is 0.622. The molecule has 2 heteroatoms. The number of aromatic nitrogens is 1. The summed E-state index contributed by atoms with van der Waals surface area (Å²) in [6.45, 7) is 0. The van der Waals surface area contributed by atoms with E-state index in [4.69, 9.17) is 12.2 Å². The molecule has 0 aliphatic heterocycles. The van der Waals surface area contributed by atoms with Gasteiger partial charge in [0.15, 0.2) is 0 Å². The maximum atomic E-state index is 5.87. The van der Waals surface area contributed by atoms with E-state index in [1.54, 1.807) is 6.20 Å². The number of pyridine rings is 1. The maximum Gasteiger partial charge on any atom is 0.0300 e. The van der Waals surface area contributed by atoms with Gasteiger partial charge in [0.25, 0.3) is 0 Å². The van der Waals surface area contributed by atoms with Crippen molar-refractivity contribution in [2.24, 2.45) is 5.73 Å². The summed E-state index contributed by atoms with van der Waals surface area (Å²) in [5.74, 6) is 2.59. The van der Waals surface area contributed by atoms with E-state index < -0.39 is 0 Å². The first-order valence-electron chi connectivity index (χ1n) is 4.41. The van der Waals surface area contributed by atoms with Crippen molar-refractivity contribution in [3.8, 4) is 12.3 Å². The van der Waals surface area contributed by atoms with E-state index in [1.165, 1.54) is 5.56 Å². The monoisotopic (exact) mass is 174 g/mol. The molecule has 1 atom stereocenters. The third-order valence-corrected chi connectivity index (χ3v) is 1.88. The molecule has 0 fully saturated rings. The van der Waals surface area contributed by atoms with Gasteiger partial charge in [-0.05, 0) is 24.5 Å². The molecule has 0 spiro atoms. The molecule has 1 heterocycles. The summed E-state index contributed by atoms with van der Waals surface area (Å²) in [4.78, 5) is 4.02. The van der Waals surface area contributed by atoms with Crippen molar-refractivity contribution in [1.29, 1.82) is 0 Å². The molecule has 1 aromatic rings. The van der Waals surface area contributed by atoms with Crippen LogP contribution in [0.4, 0.5) is 0 Å². The summed E-state index contributed by atoms with van der Waals surface area (Å²) in [7, 11) is 0. The topological polar surface area (TPSA) is 38.9 Å². The molecule has 1 aromatic heterocycles. The SMILES string of the molecule is C#CCCC(N)Cc1cccnc1. The fourth-order valence-electron chi connectivity index (χ4n) is 1.19. The molecule has 0 saturated carbocycles. The van der Waals surface area contributed by atoms with Crippen LogP contribution in [-0.2, 0) is 6.42 Å². The fourth-order valence-corrected chi connectivity index (χ4v) is 1.19. The number of nitrogens with zero attached hydrogens (tertiary/aromatic N) is 1. The molecule has 1 rings (SSSR count). The van der Waals surface area contributed by atoms with Crippen LogP contribution in [0.5, 0.6) is 0 Å². The highest BCUT2D eigenvalue weighted by atomic mass is 14.6. The Bertz CT molecular complexity index is 274. The second-order valence-corrected chi connectivity index (χ2v) is 3.07. The van der Waals surface area contributed by atoms with E-state index in [1.807, 2.05) is 18.3 Å². The quantitative estimate of drug-likeness (QED) is 0.700. The lowest BCUT2D eigenvalue weighted by Gasteiger charge is -2.08. The molecule has 0 aliphatic rings. The molecule has 0 amide bonds.